The van der Waals surface area contributed by atoms with Crippen LogP contribution in [0, 0.1) is 6.92 Å². The molecule has 2 aromatic carbocycles. The number of phenolic OH excluding ortho intramolecular Hbond substituents is 1. The molecular formula is C27H26N2O7. The molecule has 0 radical (unpaired) electrons. The van der Waals surface area contributed by atoms with Crippen molar-refractivity contribution in [3.05, 3.63) is 69.2 Å². The number of hydrogen-bond acceptors (Lipinski definition) is 6. The predicted molar refractivity (Wildman–Crippen MR) is 133 cm³/mol. The van der Waals surface area contributed by atoms with Crippen LogP contribution >= 0.6 is 0 Å². The second kappa shape index (κ2) is 9.07. The number of carboxylic acids is 1. The summed E-state index contributed by atoms with van der Waals surface area (Å²) in [5.41, 5.74) is 3.80. The fourth-order valence-electron chi connectivity index (χ4n) is 4.89. The van der Waals surface area contributed by atoms with Crippen molar-refractivity contribution in [2.45, 2.75) is 51.7 Å². The molecule has 4 N–H and O–H groups in total. The quantitative estimate of drug-likeness (QED) is 0.291. The fraction of sp³-hybridized carbons (Fsp3) is 0.296. The summed E-state index contributed by atoms with van der Waals surface area (Å²) in [7, 11) is 0. The second-order valence-corrected chi connectivity index (χ2v) is 9.24. The van der Waals surface area contributed by atoms with Gasteiger partial charge in [-0.25, -0.2) is 9.59 Å². The van der Waals surface area contributed by atoms with Crippen LogP contribution in [0.1, 0.15) is 35.6 Å². The number of hydrogen-bond donors (Lipinski definition) is 4. The first-order chi connectivity index (χ1) is 17.2. The van der Waals surface area contributed by atoms with Crippen LogP contribution < -0.4 is 15.7 Å². The Morgan fingerprint density at radius 3 is 2.75 bits per heavy atom. The molecule has 0 aliphatic heterocycles. The summed E-state index contributed by atoms with van der Waals surface area (Å²) < 4.78 is 11.6. The van der Waals surface area contributed by atoms with Crippen LogP contribution in [0.3, 0.4) is 0 Å². The van der Waals surface area contributed by atoms with Crippen molar-refractivity contribution < 1.29 is 29.0 Å². The second-order valence-electron chi connectivity index (χ2n) is 9.24. The van der Waals surface area contributed by atoms with E-state index >= 15 is 0 Å². The average molecular weight is 491 g/mol. The first-order valence-corrected chi connectivity index (χ1v) is 11.8. The summed E-state index contributed by atoms with van der Waals surface area (Å²) in [6.45, 7) is 3.38. The topological polar surface area (TPSA) is 142 Å². The molecule has 5 rings (SSSR count). The van der Waals surface area contributed by atoms with Crippen molar-refractivity contribution in [1.29, 1.82) is 0 Å². The van der Waals surface area contributed by atoms with E-state index in [-0.39, 0.29) is 17.8 Å². The Labute approximate surface area is 205 Å². The van der Waals surface area contributed by atoms with Crippen LogP contribution in [0.25, 0.3) is 21.9 Å². The summed E-state index contributed by atoms with van der Waals surface area (Å²) in [6.07, 6.45) is 2.88. The van der Waals surface area contributed by atoms with Crippen LogP contribution in [0.2, 0.25) is 0 Å². The first-order valence-electron chi connectivity index (χ1n) is 11.8. The van der Waals surface area contributed by atoms with E-state index in [1.54, 1.807) is 37.4 Å². The van der Waals surface area contributed by atoms with Crippen LogP contribution in [-0.2, 0) is 28.9 Å². The highest BCUT2D eigenvalue weighted by Crippen LogP contribution is 2.35. The summed E-state index contributed by atoms with van der Waals surface area (Å²) in [4.78, 5) is 40.4. The van der Waals surface area contributed by atoms with Gasteiger partial charge in [-0.15, -0.1) is 0 Å². The van der Waals surface area contributed by atoms with Gasteiger partial charge in [0.2, 0.25) is 0 Å². The number of carbonyl (C=O) groups is 2. The molecule has 186 valence electrons. The highest BCUT2D eigenvalue weighted by molar-refractivity contribution is 5.91. The zero-order valence-electron chi connectivity index (χ0n) is 19.9. The molecule has 1 aliphatic carbocycles. The maximum atomic E-state index is 13.0. The molecular weight excluding hydrogens is 464 g/mol. The molecule has 1 aliphatic rings. The third-order valence-corrected chi connectivity index (χ3v) is 6.64. The van der Waals surface area contributed by atoms with Gasteiger partial charge < -0.3 is 29.7 Å². The molecule has 2 heterocycles. The highest BCUT2D eigenvalue weighted by Gasteiger charge is 2.27. The van der Waals surface area contributed by atoms with Crippen molar-refractivity contribution in [2.75, 3.05) is 0 Å². The number of amides is 1. The first kappa shape index (κ1) is 23.5. The average Bonchev–Trinajstić information content (AvgIpc) is 3.46. The highest BCUT2D eigenvalue weighted by atomic mass is 16.5. The number of carbonyl (C=O) groups excluding carboxylic acids is 1. The minimum Gasteiger partial charge on any atom is -0.508 e. The van der Waals surface area contributed by atoms with Gasteiger partial charge >= 0.3 is 11.6 Å². The molecule has 4 aromatic rings. The molecule has 1 amide bonds. The number of ether oxygens (including phenoxy) is 1. The van der Waals surface area contributed by atoms with Crippen molar-refractivity contribution in [3.8, 4) is 11.5 Å². The van der Waals surface area contributed by atoms with Crippen molar-refractivity contribution in [3.63, 3.8) is 0 Å². The maximum absolute atomic E-state index is 13.0. The number of aryl methyl sites for hydroxylation is 2. The van der Waals surface area contributed by atoms with Crippen molar-refractivity contribution in [1.82, 2.24) is 10.3 Å². The van der Waals surface area contributed by atoms with Gasteiger partial charge in [0.15, 0.2) is 6.10 Å². The lowest BCUT2D eigenvalue weighted by Gasteiger charge is -2.20. The predicted octanol–water partition coefficient (Wildman–Crippen LogP) is 3.36. The summed E-state index contributed by atoms with van der Waals surface area (Å²) in [6, 6.07) is 7.13. The van der Waals surface area contributed by atoms with E-state index < -0.39 is 24.0 Å². The third-order valence-electron chi connectivity index (χ3n) is 6.64. The Balaban J connectivity index is 1.38. The standard InChI is InChI=1S/C27H26N2O7/c1-13-8-22(24-17-4-3-5-18(17)27(34)36-23(24)9-13)35-14(2)25(31)29-21(26(32)33)10-15-12-28-20-7-6-16(30)11-19(15)20/h6-9,11-12,14,21,28,30H,3-5,10H2,1-2H3,(H,29,31)(H,32,33)/t14-,21+/m1/s1. The van der Waals surface area contributed by atoms with Crippen molar-refractivity contribution >= 4 is 33.7 Å². The lowest BCUT2D eigenvalue weighted by Crippen LogP contribution is -2.47. The third kappa shape index (κ3) is 4.28. The number of nitrogens with one attached hydrogen (secondary N) is 2. The van der Waals surface area contributed by atoms with E-state index in [1.807, 2.05) is 6.92 Å². The summed E-state index contributed by atoms with van der Waals surface area (Å²) in [5.74, 6) is -1.29. The molecule has 36 heavy (non-hydrogen) atoms. The van der Waals surface area contributed by atoms with Gasteiger partial charge in [-0.05, 0) is 80.1 Å². The van der Waals surface area contributed by atoms with E-state index in [1.165, 1.54) is 6.07 Å². The minimum absolute atomic E-state index is 0.0172. The number of phenols is 1. The summed E-state index contributed by atoms with van der Waals surface area (Å²) in [5, 5.41) is 23.5. The largest absolute Gasteiger partial charge is 0.508 e. The SMILES string of the molecule is Cc1cc(O[C@H](C)C(=O)N[C@@H](Cc2c[nH]c3ccc(O)cc23)C(=O)O)c2c3c(c(=O)oc2c1)CCC3. The minimum atomic E-state index is -1.21. The molecule has 0 saturated heterocycles. The maximum Gasteiger partial charge on any atom is 0.339 e. The summed E-state index contributed by atoms with van der Waals surface area (Å²) >= 11 is 0. The number of carboxylic acid groups (broad SMARTS) is 1. The zero-order valence-corrected chi connectivity index (χ0v) is 19.9. The van der Waals surface area contributed by atoms with Gasteiger partial charge in [0, 0.05) is 29.1 Å². The Kier molecular flexibility index (Phi) is 5.91. The van der Waals surface area contributed by atoms with Gasteiger partial charge in [-0.3, -0.25) is 4.79 Å². The Bertz CT molecular complexity index is 1570. The zero-order chi connectivity index (χ0) is 25.6. The lowest BCUT2D eigenvalue weighted by atomic mass is 10.0. The molecule has 9 heteroatoms. The van der Waals surface area contributed by atoms with E-state index in [0.717, 1.165) is 29.5 Å². The number of fused-ring (bicyclic) bond motifs is 4. The Morgan fingerprint density at radius 1 is 1.19 bits per heavy atom. The van der Waals surface area contributed by atoms with E-state index in [4.69, 9.17) is 9.15 Å². The smallest absolute Gasteiger partial charge is 0.339 e. The van der Waals surface area contributed by atoms with Crippen LogP contribution in [-0.4, -0.2) is 39.2 Å². The number of aromatic amines is 1. The fourth-order valence-corrected chi connectivity index (χ4v) is 4.89. The molecule has 0 unspecified atom stereocenters. The van der Waals surface area contributed by atoms with Crippen LogP contribution in [0.5, 0.6) is 11.5 Å². The van der Waals surface area contributed by atoms with Gasteiger partial charge in [0.25, 0.3) is 5.91 Å². The monoisotopic (exact) mass is 490 g/mol. The van der Waals surface area contributed by atoms with Crippen LogP contribution in [0.15, 0.2) is 45.7 Å². The number of rotatable bonds is 7. The van der Waals surface area contributed by atoms with E-state index in [2.05, 4.69) is 10.3 Å². The Morgan fingerprint density at radius 2 is 1.97 bits per heavy atom. The van der Waals surface area contributed by atoms with Gasteiger partial charge in [-0.1, -0.05) is 0 Å². The molecule has 2 aromatic heterocycles. The molecule has 0 bridgehead atoms. The lowest BCUT2D eigenvalue weighted by molar-refractivity contribution is -0.142. The molecule has 2 atom stereocenters. The molecule has 9 nitrogen and oxygen atoms in total. The van der Waals surface area contributed by atoms with Gasteiger partial charge in [0.1, 0.15) is 23.1 Å². The number of aromatic nitrogens is 1. The van der Waals surface area contributed by atoms with E-state index in [9.17, 15) is 24.6 Å². The number of aromatic hydroxyl groups is 1. The van der Waals surface area contributed by atoms with Gasteiger partial charge in [-0.2, -0.15) is 0 Å². The van der Waals surface area contributed by atoms with Crippen LogP contribution in [0.4, 0.5) is 0 Å². The van der Waals surface area contributed by atoms with Crippen molar-refractivity contribution in [2.24, 2.45) is 0 Å². The normalized spacial score (nSPS) is 14.5. The van der Waals surface area contributed by atoms with Gasteiger partial charge in [0.05, 0.1) is 5.39 Å². The molecule has 0 spiro atoms. The Hall–Kier alpha value is -4.27. The molecule has 0 fully saturated rings. The number of aliphatic carboxylic acids is 1. The number of benzene rings is 2. The number of H-pyrrole nitrogens is 1. The van der Waals surface area contributed by atoms with E-state index in [0.29, 0.717) is 39.7 Å². The molecule has 0 saturated carbocycles.